The molecule has 1 fully saturated rings. The molecule has 0 saturated carbocycles. The molecule has 3 nitrogen and oxygen atoms in total. The first-order valence-corrected chi connectivity index (χ1v) is 7.65. The molecular weight excluding hydrogens is 244 g/mol. The van der Waals surface area contributed by atoms with Gasteiger partial charge in [-0.3, -0.25) is 4.79 Å². The van der Waals surface area contributed by atoms with Gasteiger partial charge in [0.15, 0.2) is 0 Å². The van der Waals surface area contributed by atoms with Crippen LogP contribution in [0.2, 0.25) is 0 Å². The van der Waals surface area contributed by atoms with E-state index in [4.69, 9.17) is 0 Å². The fourth-order valence-corrected chi connectivity index (χ4v) is 3.44. The van der Waals surface area contributed by atoms with Gasteiger partial charge in [0.05, 0.1) is 11.5 Å². The zero-order valence-electron chi connectivity index (χ0n) is 11.2. The number of hydrogen-bond acceptors (Lipinski definition) is 3. The lowest BCUT2D eigenvalue weighted by molar-refractivity contribution is -0.131. The summed E-state index contributed by atoms with van der Waals surface area (Å²) in [4.78, 5) is 13.8. The number of nitrogens with one attached hydrogen (secondary N) is 2. The number of rotatable bonds is 5. The van der Waals surface area contributed by atoms with E-state index in [-0.39, 0.29) is 17.4 Å². The molecule has 2 N–H and O–H groups in total. The highest BCUT2D eigenvalue weighted by molar-refractivity contribution is 7.10. The molecule has 2 unspecified atom stereocenters. The smallest absolute Gasteiger partial charge is 0.228 e. The third-order valence-corrected chi connectivity index (χ3v) is 4.99. The SMILES string of the molecule is CCC(NC(=O)C1(CC)CCNC1)c1cccs1. The van der Waals surface area contributed by atoms with Crippen molar-refractivity contribution < 1.29 is 4.79 Å². The molecule has 2 rings (SSSR count). The minimum atomic E-state index is -0.190. The lowest BCUT2D eigenvalue weighted by Crippen LogP contribution is -2.43. The van der Waals surface area contributed by atoms with Crippen molar-refractivity contribution >= 4 is 17.2 Å². The number of hydrogen-bond donors (Lipinski definition) is 2. The van der Waals surface area contributed by atoms with E-state index in [0.29, 0.717) is 0 Å². The van der Waals surface area contributed by atoms with E-state index in [0.717, 1.165) is 32.4 Å². The number of thiophene rings is 1. The number of amides is 1. The van der Waals surface area contributed by atoms with Gasteiger partial charge in [-0.2, -0.15) is 0 Å². The molecule has 1 aromatic heterocycles. The van der Waals surface area contributed by atoms with Gasteiger partial charge in [-0.05, 0) is 37.3 Å². The van der Waals surface area contributed by atoms with Crippen molar-refractivity contribution in [3.8, 4) is 0 Å². The van der Waals surface area contributed by atoms with Gasteiger partial charge in [-0.15, -0.1) is 11.3 Å². The minimum Gasteiger partial charge on any atom is -0.348 e. The summed E-state index contributed by atoms with van der Waals surface area (Å²) in [6, 6.07) is 4.31. The summed E-state index contributed by atoms with van der Waals surface area (Å²) in [7, 11) is 0. The topological polar surface area (TPSA) is 41.1 Å². The number of carbonyl (C=O) groups is 1. The first-order chi connectivity index (χ1) is 8.72. The Hall–Kier alpha value is -0.870. The van der Waals surface area contributed by atoms with E-state index >= 15 is 0 Å². The van der Waals surface area contributed by atoms with E-state index in [1.165, 1.54) is 4.88 Å². The van der Waals surface area contributed by atoms with Crippen molar-refractivity contribution in [3.63, 3.8) is 0 Å². The van der Waals surface area contributed by atoms with Crippen LogP contribution in [0.3, 0.4) is 0 Å². The number of carbonyl (C=O) groups excluding carboxylic acids is 1. The second kappa shape index (κ2) is 5.85. The third-order valence-electron chi connectivity index (χ3n) is 4.00. The highest BCUT2D eigenvalue weighted by atomic mass is 32.1. The zero-order chi connectivity index (χ0) is 13.0. The quantitative estimate of drug-likeness (QED) is 0.860. The van der Waals surface area contributed by atoms with Crippen LogP contribution in [-0.4, -0.2) is 19.0 Å². The average molecular weight is 266 g/mol. The van der Waals surface area contributed by atoms with Crippen LogP contribution < -0.4 is 10.6 Å². The molecule has 0 radical (unpaired) electrons. The summed E-state index contributed by atoms with van der Waals surface area (Å²) in [5, 5.41) is 8.61. The second-order valence-electron chi connectivity index (χ2n) is 5.01. The van der Waals surface area contributed by atoms with Crippen LogP contribution in [0.1, 0.15) is 44.0 Å². The molecule has 1 aliphatic rings. The van der Waals surface area contributed by atoms with Crippen LogP contribution >= 0.6 is 11.3 Å². The van der Waals surface area contributed by atoms with Gasteiger partial charge in [-0.25, -0.2) is 0 Å². The normalized spacial score (nSPS) is 25.0. The largest absolute Gasteiger partial charge is 0.348 e. The molecule has 2 atom stereocenters. The van der Waals surface area contributed by atoms with Gasteiger partial charge in [0.2, 0.25) is 5.91 Å². The van der Waals surface area contributed by atoms with Crippen molar-refractivity contribution in [2.45, 2.75) is 39.2 Å². The summed E-state index contributed by atoms with van der Waals surface area (Å²) >= 11 is 1.72. The maximum absolute atomic E-state index is 12.5. The first kappa shape index (κ1) is 13.6. The molecule has 2 heterocycles. The van der Waals surface area contributed by atoms with Crippen molar-refractivity contribution in [3.05, 3.63) is 22.4 Å². The summed E-state index contributed by atoms with van der Waals surface area (Å²) < 4.78 is 0. The summed E-state index contributed by atoms with van der Waals surface area (Å²) in [6.07, 6.45) is 2.81. The van der Waals surface area contributed by atoms with Crippen molar-refractivity contribution in [2.75, 3.05) is 13.1 Å². The molecule has 1 amide bonds. The highest BCUT2D eigenvalue weighted by Crippen LogP contribution is 2.31. The Kier molecular flexibility index (Phi) is 4.40. The fraction of sp³-hybridized carbons (Fsp3) is 0.643. The molecule has 1 saturated heterocycles. The standard InChI is InChI=1S/C14H22N2OS/c1-3-11(12-6-5-9-18-12)16-13(17)14(4-2)7-8-15-10-14/h5-6,9,11,15H,3-4,7-8,10H2,1-2H3,(H,16,17). The lowest BCUT2D eigenvalue weighted by atomic mass is 9.83. The van der Waals surface area contributed by atoms with Gasteiger partial charge < -0.3 is 10.6 Å². The van der Waals surface area contributed by atoms with E-state index in [2.05, 4.69) is 35.9 Å². The van der Waals surface area contributed by atoms with E-state index in [9.17, 15) is 4.79 Å². The predicted octanol–water partition coefficient (Wildman–Crippen LogP) is 2.71. The van der Waals surface area contributed by atoms with E-state index < -0.39 is 0 Å². The molecule has 18 heavy (non-hydrogen) atoms. The van der Waals surface area contributed by atoms with Gasteiger partial charge in [0.1, 0.15) is 0 Å². The van der Waals surface area contributed by atoms with Crippen LogP contribution in [0.25, 0.3) is 0 Å². The third kappa shape index (κ3) is 2.59. The monoisotopic (exact) mass is 266 g/mol. The minimum absolute atomic E-state index is 0.168. The van der Waals surface area contributed by atoms with Crippen LogP contribution in [0.5, 0.6) is 0 Å². The van der Waals surface area contributed by atoms with Crippen molar-refractivity contribution in [1.82, 2.24) is 10.6 Å². The Labute approximate surface area is 113 Å². The summed E-state index contributed by atoms with van der Waals surface area (Å²) in [5.41, 5.74) is -0.190. The van der Waals surface area contributed by atoms with Crippen molar-refractivity contribution in [1.29, 1.82) is 0 Å². The van der Waals surface area contributed by atoms with Crippen LogP contribution in [-0.2, 0) is 4.79 Å². The Morgan fingerprint density at radius 1 is 1.61 bits per heavy atom. The molecular formula is C14H22N2OS. The van der Waals surface area contributed by atoms with Crippen LogP contribution in [0.15, 0.2) is 17.5 Å². The molecule has 0 aliphatic carbocycles. The Morgan fingerprint density at radius 3 is 2.94 bits per heavy atom. The van der Waals surface area contributed by atoms with Gasteiger partial charge in [0.25, 0.3) is 0 Å². The molecule has 1 aromatic rings. The van der Waals surface area contributed by atoms with Crippen molar-refractivity contribution in [2.24, 2.45) is 5.41 Å². The molecule has 0 aromatic carbocycles. The Bertz CT molecular complexity index is 383. The second-order valence-corrected chi connectivity index (χ2v) is 5.99. The molecule has 0 bridgehead atoms. The lowest BCUT2D eigenvalue weighted by Gasteiger charge is -2.28. The van der Waals surface area contributed by atoms with E-state index in [1.807, 2.05) is 6.07 Å². The van der Waals surface area contributed by atoms with E-state index in [1.54, 1.807) is 11.3 Å². The maximum Gasteiger partial charge on any atom is 0.228 e. The molecule has 1 aliphatic heterocycles. The zero-order valence-corrected chi connectivity index (χ0v) is 12.0. The predicted molar refractivity (Wildman–Crippen MR) is 75.7 cm³/mol. The molecule has 100 valence electrons. The maximum atomic E-state index is 12.5. The Morgan fingerprint density at radius 2 is 2.44 bits per heavy atom. The molecule has 0 spiro atoms. The van der Waals surface area contributed by atoms with Gasteiger partial charge in [0, 0.05) is 11.4 Å². The first-order valence-electron chi connectivity index (χ1n) is 6.77. The highest BCUT2D eigenvalue weighted by Gasteiger charge is 2.40. The summed E-state index contributed by atoms with van der Waals surface area (Å²) in [6.45, 7) is 6.00. The van der Waals surface area contributed by atoms with Crippen LogP contribution in [0, 0.1) is 5.41 Å². The summed E-state index contributed by atoms with van der Waals surface area (Å²) in [5.74, 6) is 0.218. The van der Waals surface area contributed by atoms with Crippen LogP contribution in [0.4, 0.5) is 0 Å². The van der Waals surface area contributed by atoms with Gasteiger partial charge in [-0.1, -0.05) is 19.9 Å². The fourth-order valence-electron chi connectivity index (χ4n) is 2.58. The average Bonchev–Trinajstić information content (AvgIpc) is 3.06. The Balaban J connectivity index is 2.05. The molecule has 4 heteroatoms. The van der Waals surface area contributed by atoms with Gasteiger partial charge >= 0.3 is 0 Å².